The standard InChI is InChI=1S/C19H19N3O2/c1-13-10-18(16-11-15(23-2)8-9-17(16)21-13)22-20-12-14-6-4-5-7-19(14)24-3/h4-12H,1-3H3,(H,21,22)/b20-12+. The summed E-state index contributed by atoms with van der Waals surface area (Å²) in [7, 11) is 3.29. The lowest BCUT2D eigenvalue weighted by Gasteiger charge is -2.09. The van der Waals surface area contributed by atoms with E-state index in [1.807, 2.05) is 55.5 Å². The number of aromatic nitrogens is 1. The number of fused-ring (bicyclic) bond motifs is 1. The van der Waals surface area contributed by atoms with E-state index in [1.54, 1.807) is 20.4 Å². The Hall–Kier alpha value is -3.08. The number of nitrogens with zero attached hydrogens (tertiary/aromatic N) is 2. The molecule has 0 spiro atoms. The minimum Gasteiger partial charge on any atom is -0.497 e. The summed E-state index contributed by atoms with van der Waals surface area (Å²) >= 11 is 0. The lowest BCUT2D eigenvalue weighted by molar-refractivity contribution is 0.414. The minimum atomic E-state index is 0.778. The zero-order chi connectivity index (χ0) is 16.9. The van der Waals surface area contributed by atoms with Crippen molar-refractivity contribution in [3.05, 3.63) is 59.8 Å². The summed E-state index contributed by atoms with van der Waals surface area (Å²) in [6.45, 7) is 1.96. The molecule has 0 radical (unpaired) electrons. The first-order valence-corrected chi connectivity index (χ1v) is 7.59. The first kappa shape index (κ1) is 15.8. The second-order valence-electron chi connectivity index (χ2n) is 5.31. The molecule has 0 aliphatic heterocycles. The number of aryl methyl sites for hydroxylation is 1. The SMILES string of the molecule is COc1ccc2nc(C)cc(N/N=C/c3ccccc3OC)c2c1. The molecule has 0 aliphatic rings. The van der Waals surface area contributed by atoms with Crippen molar-refractivity contribution in [1.29, 1.82) is 0 Å². The second-order valence-corrected chi connectivity index (χ2v) is 5.31. The largest absolute Gasteiger partial charge is 0.497 e. The molecule has 5 heteroatoms. The highest BCUT2D eigenvalue weighted by molar-refractivity contribution is 5.93. The molecule has 0 saturated carbocycles. The molecule has 1 N–H and O–H groups in total. The molecule has 1 aromatic heterocycles. The smallest absolute Gasteiger partial charge is 0.127 e. The van der Waals surface area contributed by atoms with E-state index in [0.29, 0.717) is 0 Å². The van der Waals surface area contributed by atoms with E-state index < -0.39 is 0 Å². The fourth-order valence-electron chi connectivity index (χ4n) is 2.50. The van der Waals surface area contributed by atoms with Gasteiger partial charge in [-0.2, -0.15) is 5.10 Å². The average Bonchev–Trinajstić information content (AvgIpc) is 2.61. The maximum atomic E-state index is 5.32. The number of methoxy groups -OCH3 is 2. The van der Waals surface area contributed by atoms with Crippen molar-refractivity contribution >= 4 is 22.8 Å². The number of hydrogen-bond acceptors (Lipinski definition) is 5. The average molecular weight is 321 g/mol. The number of hydrazone groups is 1. The van der Waals surface area contributed by atoms with Gasteiger partial charge in [-0.15, -0.1) is 0 Å². The van der Waals surface area contributed by atoms with Crippen LogP contribution in [0.4, 0.5) is 5.69 Å². The number of para-hydroxylation sites is 1. The monoisotopic (exact) mass is 321 g/mol. The van der Waals surface area contributed by atoms with Gasteiger partial charge in [-0.1, -0.05) is 12.1 Å². The van der Waals surface area contributed by atoms with Crippen LogP contribution >= 0.6 is 0 Å². The van der Waals surface area contributed by atoms with Crippen molar-refractivity contribution in [3.63, 3.8) is 0 Å². The predicted molar refractivity (Wildman–Crippen MR) is 97.2 cm³/mol. The third-order valence-corrected chi connectivity index (χ3v) is 3.67. The second kappa shape index (κ2) is 7.00. The van der Waals surface area contributed by atoms with Gasteiger partial charge in [-0.05, 0) is 43.3 Å². The number of benzene rings is 2. The predicted octanol–water partition coefficient (Wildman–Crippen LogP) is 4.01. The van der Waals surface area contributed by atoms with Crippen molar-refractivity contribution in [1.82, 2.24) is 4.98 Å². The van der Waals surface area contributed by atoms with Crippen molar-refractivity contribution in [2.75, 3.05) is 19.6 Å². The Balaban J connectivity index is 1.93. The Kier molecular flexibility index (Phi) is 4.61. The molecule has 0 bridgehead atoms. The molecule has 5 nitrogen and oxygen atoms in total. The lowest BCUT2D eigenvalue weighted by atomic mass is 10.1. The van der Waals surface area contributed by atoms with Gasteiger partial charge < -0.3 is 9.47 Å². The fourth-order valence-corrected chi connectivity index (χ4v) is 2.50. The van der Waals surface area contributed by atoms with E-state index in [2.05, 4.69) is 15.5 Å². The molecule has 0 aliphatic carbocycles. The first-order valence-electron chi connectivity index (χ1n) is 7.59. The topological polar surface area (TPSA) is 55.7 Å². The summed E-state index contributed by atoms with van der Waals surface area (Å²) in [5, 5.41) is 5.30. The summed E-state index contributed by atoms with van der Waals surface area (Å²) in [5.74, 6) is 1.56. The van der Waals surface area contributed by atoms with Gasteiger partial charge in [0.2, 0.25) is 0 Å². The molecule has 1 heterocycles. The van der Waals surface area contributed by atoms with E-state index in [4.69, 9.17) is 9.47 Å². The number of ether oxygens (including phenoxy) is 2. The number of pyridine rings is 1. The van der Waals surface area contributed by atoms with E-state index in [-0.39, 0.29) is 0 Å². The Bertz CT molecular complexity index is 891. The third kappa shape index (κ3) is 3.30. The van der Waals surface area contributed by atoms with Crippen LogP contribution in [0, 0.1) is 6.92 Å². The Labute approximate surface area is 140 Å². The summed E-state index contributed by atoms with van der Waals surface area (Å²) in [5.41, 5.74) is 6.69. The maximum Gasteiger partial charge on any atom is 0.127 e. The minimum absolute atomic E-state index is 0.778. The van der Waals surface area contributed by atoms with Crippen LogP contribution in [0.15, 0.2) is 53.6 Å². The van der Waals surface area contributed by atoms with Crippen LogP contribution in [0.2, 0.25) is 0 Å². The summed E-state index contributed by atoms with van der Waals surface area (Å²) < 4.78 is 10.6. The lowest BCUT2D eigenvalue weighted by Crippen LogP contribution is -1.96. The first-order chi connectivity index (χ1) is 11.7. The molecule has 0 unspecified atom stereocenters. The van der Waals surface area contributed by atoms with Crippen molar-refractivity contribution in [2.45, 2.75) is 6.92 Å². The van der Waals surface area contributed by atoms with E-state index in [0.717, 1.165) is 39.3 Å². The van der Waals surface area contributed by atoms with Crippen LogP contribution in [0.5, 0.6) is 11.5 Å². The molecule has 0 saturated heterocycles. The van der Waals surface area contributed by atoms with Gasteiger partial charge in [-0.25, -0.2) is 0 Å². The molecule has 0 amide bonds. The maximum absolute atomic E-state index is 5.32. The van der Waals surface area contributed by atoms with E-state index in [1.165, 1.54) is 0 Å². The molecule has 2 aromatic carbocycles. The molecular weight excluding hydrogens is 302 g/mol. The van der Waals surface area contributed by atoms with Crippen molar-refractivity contribution < 1.29 is 9.47 Å². The van der Waals surface area contributed by atoms with Crippen molar-refractivity contribution in [2.24, 2.45) is 5.10 Å². The van der Waals surface area contributed by atoms with E-state index in [9.17, 15) is 0 Å². The number of nitrogens with one attached hydrogen (secondary N) is 1. The Morgan fingerprint density at radius 1 is 1.04 bits per heavy atom. The van der Waals surface area contributed by atoms with Crippen LogP contribution in [0.3, 0.4) is 0 Å². The zero-order valence-corrected chi connectivity index (χ0v) is 13.9. The van der Waals surface area contributed by atoms with Crippen LogP contribution in [0.1, 0.15) is 11.3 Å². The summed E-state index contributed by atoms with van der Waals surface area (Å²) in [6, 6.07) is 15.5. The quantitative estimate of drug-likeness (QED) is 0.570. The van der Waals surface area contributed by atoms with Crippen molar-refractivity contribution in [3.8, 4) is 11.5 Å². The van der Waals surface area contributed by atoms with Gasteiger partial charge in [0, 0.05) is 16.6 Å². The Morgan fingerprint density at radius 3 is 2.67 bits per heavy atom. The summed E-state index contributed by atoms with van der Waals surface area (Å²) in [4.78, 5) is 4.54. The van der Waals surface area contributed by atoms with E-state index >= 15 is 0 Å². The zero-order valence-electron chi connectivity index (χ0n) is 13.9. The molecule has 3 aromatic rings. The third-order valence-electron chi connectivity index (χ3n) is 3.67. The van der Waals surface area contributed by atoms with Gasteiger partial charge >= 0.3 is 0 Å². The fraction of sp³-hybridized carbons (Fsp3) is 0.158. The highest BCUT2D eigenvalue weighted by Crippen LogP contribution is 2.27. The molecular formula is C19H19N3O2. The van der Waals surface area contributed by atoms with Gasteiger partial charge in [0.1, 0.15) is 11.5 Å². The van der Waals surface area contributed by atoms with Crippen LogP contribution in [0.25, 0.3) is 10.9 Å². The van der Waals surface area contributed by atoms with Gasteiger partial charge in [0.25, 0.3) is 0 Å². The molecule has 24 heavy (non-hydrogen) atoms. The molecule has 3 rings (SSSR count). The number of anilines is 1. The van der Waals surface area contributed by atoms with Crippen LogP contribution in [-0.4, -0.2) is 25.4 Å². The number of rotatable bonds is 5. The molecule has 122 valence electrons. The molecule has 0 atom stereocenters. The van der Waals surface area contributed by atoms with Gasteiger partial charge in [0.15, 0.2) is 0 Å². The normalized spacial score (nSPS) is 11.0. The van der Waals surface area contributed by atoms with Gasteiger partial charge in [0.05, 0.1) is 31.6 Å². The Morgan fingerprint density at radius 2 is 1.88 bits per heavy atom. The van der Waals surface area contributed by atoms with Gasteiger partial charge in [-0.3, -0.25) is 10.4 Å². The van der Waals surface area contributed by atoms with Crippen LogP contribution in [-0.2, 0) is 0 Å². The highest BCUT2D eigenvalue weighted by Gasteiger charge is 2.05. The summed E-state index contributed by atoms with van der Waals surface area (Å²) in [6.07, 6.45) is 1.74. The molecule has 0 fully saturated rings. The number of hydrogen-bond donors (Lipinski definition) is 1. The highest BCUT2D eigenvalue weighted by atomic mass is 16.5. The van der Waals surface area contributed by atoms with Crippen LogP contribution < -0.4 is 14.9 Å².